The molecule has 1 fully saturated rings. The van der Waals surface area contributed by atoms with Gasteiger partial charge in [-0.05, 0) is 36.2 Å². The second-order valence-electron chi connectivity index (χ2n) is 5.83. The first kappa shape index (κ1) is 18.4. The van der Waals surface area contributed by atoms with E-state index < -0.39 is 0 Å². The Morgan fingerprint density at radius 3 is 2.80 bits per heavy atom. The third-order valence-corrected chi connectivity index (χ3v) is 5.92. The monoisotopic (exact) mass is 394 g/mol. The van der Waals surface area contributed by atoms with E-state index in [1.54, 1.807) is 24.9 Å². The lowest BCUT2D eigenvalue weighted by Gasteiger charge is -2.25. The smallest absolute Gasteiger partial charge is 0.165 e. The molecule has 0 aromatic heterocycles. The van der Waals surface area contributed by atoms with Crippen molar-refractivity contribution in [3.8, 4) is 5.75 Å². The first-order valence-electron chi connectivity index (χ1n) is 8.16. The van der Waals surface area contributed by atoms with Crippen molar-refractivity contribution in [2.75, 3.05) is 12.9 Å². The number of nitrogens with zero attached hydrogens (tertiary/aromatic N) is 2. The van der Waals surface area contributed by atoms with Crippen molar-refractivity contribution in [1.82, 2.24) is 4.90 Å². The normalized spacial score (nSPS) is 18.8. The zero-order valence-corrected chi connectivity index (χ0v) is 16.5. The molecule has 25 heavy (non-hydrogen) atoms. The molecule has 0 radical (unpaired) electrons. The van der Waals surface area contributed by atoms with E-state index in [9.17, 15) is 0 Å². The Morgan fingerprint density at radius 2 is 2.08 bits per heavy atom. The molecule has 1 atom stereocenters. The summed E-state index contributed by atoms with van der Waals surface area (Å²) in [6.07, 6.45) is 1.06. The average Bonchev–Trinajstić information content (AvgIpc) is 2.99. The van der Waals surface area contributed by atoms with Crippen LogP contribution in [0.4, 0.5) is 5.69 Å². The number of hydrogen-bond acceptors (Lipinski definition) is 3. The van der Waals surface area contributed by atoms with Crippen LogP contribution in [0.15, 0.2) is 47.5 Å². The van der Waals surface area contributed by atoms with Gasteiger partial charge in [-0.3, -0.25) is 0 Å². The summed E-state index contributed by atoms with van der Waals surface area (Å²) in [5.74, 6) is 1.84. The number of ether oxygens (including phenoxy) is 1. The van der Waals surface area contributed by atoms with Gasteiger partial charge < -0.3 is 9.64 Å². The molecule has 0 spiro atoms. The van der Waals surface area contributed by atoms with Gasteiger partial charge in [0.2, 0.25) is 0 Å². The Bertz CT molecular complexity index is 782. The van der Waals surface area contributed by atoms with E-state index in [-0.39, 0.29) is 0 Å². The largest absolute Gasteiger partial charge is 0.497 e. The third kappa shape index (κ3) is 4.43. The lowest BCUT2D eigenvalue weighted by molar-refractivity contribution is 0.335. The van der Waals surface area contributed by atoms with Crippen LogP contribution in [0.5, 0.6) is 5.75 Å². The Kier molecular flexibility index (Phi) is 6.15. The minimum absolute atomic E-state index is 0.445. The van der Waals surface area contributed by atoms with E-state index >= 15 is 0 Å². The number of benzene rings is 2. The molecule has 1 aliphatic rings. The van der Waals surface area contributed by atoms with Crippen molar-refractivity contribution < 1.29 is 4.74 Å². The highest BCUT2D eigenvalue weighted by molar-refractivity contribution is 8.14. The molecule has 1 aliphatic heterocycles. The zero-order valence-electron chi connectivity index (χ0n) is 14.2. The van der Waals surface area contributed by atoms with Gasteiger partial charge in [0.15, 0.2) is 5.17 Å². The molecule has 1 heterocycles. The quantitative estimate of drug-likeness (QED) is 0.619. The van der Waals surface area contributed by atoms with Crippen molar-refractivity contribution in [2.24, 2.45) is 4.99 Å². The average molecular weight is 395 g/mol. The predicted molar refractivity (Wildman–Crippen MR) is 109 cm³/mol. The Morgan fingerprint density at radius 1 is 1.24 bits per heavy atom. The molecule has 3 rings (SSSR count). The fourth-order valence-corrected chi connectivity index (χ4v) is 4.53. The first-order valence-corrected chi connectivity index (χ1v) is 9.91. The highest BCUT2D eigenvalue weighted by atomic mass is 35.5. The molecule has 2 aromatic carbocycles. The lowest BCUT2D eigenvalue weighted by Crippen LogP contribution is -2.32. The van der Waals surface area contributed by atoms with Crippen LogP contribution in [0.1, 0.15) is 18.9 Å². The molecule has 6 heteroatoms. The number of amidine groups is 1. The van der Waals surface area contributed by atoms with Crippen LogP contribution < -0.4 is 4.74 Å². The van der Waals surface area contributed by atoms with E-state index in [2.05, 4.69) is 11.8 Å². The first-order chi connectivity index (χ1) is 12.1. The Hall–Kier alpha value is -1.36. The fourth-order valence-electron chi connectivity index (χ4n) is 2.76. The molecular weight excluding hydrogens is 375 g/mol. The van der Waals surface area contributed by atoms with Gasteiger partial charge in [-0.1, -0.05) is 54.0 Å². The minimum Gasteiger partial charge on any atom is -0.497 e. The molecular formula is C19H20Cl2N2OS. The van der Waals surface area contributed by atoms with E-state index in [1.807, 2.05) is 36.4 Å². The summed E-state index contributed by atoms with van der Waals surface area (Å²) in [4.78, 5) is 7.18. The molecule has 1 saturated heterocycles. The maximum Gasteiger partial charge on any atom is 0.165 e. The summed E-state index contributed by atoms with van der Waals surface area (Å²) in [6.45, 7) is 2.93. The van der Waals surface area contributed by atoms with Gasteiger partial charge in [-0.25, -0.2) is 4.99 Å². The molecule has 0 unspecified atom stereocenters. The van der Waals surface area contributed by atoms with E-state index in [1.165, 1.54) is 0 Å². The van der Waals surface area contributed by atoms with Crippen LogP contribution >= 0.6 is 35.0 Å². The summed E-state index contributed by atoms with van der Waals surface area (Å²) in [6, 6.07) is 13.9. The summed E-state index contributed by atoms with van der Waals surface area (Å²) < 4.78 is 5.29. The van der Waals surface area contributed by atoms with Gasteiger partial charge in [0.1, 0.15) is 5.75 Å². The number of rotatable bonds is 5. The van der Waals surface area contributed by atoms with Crippen molar-refractivity contribution in [2.45, 2.75) is 25.9 Å². The molecule has 0 aliphatic carbocycles. The summed E-state index contributed by atoms with van der Waals surface area (Å²) in [5.41, 5.74) is 1.95. The number of hydrogen-bond donors (Lipinski definition) is 0. The van der Waals surface area contributed by atoms with E-state index in [0.717, 1.165) is 40.9 Å². The fraction of sp³-hybridized carbons (Fsp3) is 0.316. The molecule has 0 bridgehead atoms. The zero-order chi connectivity index (χ0) is 17.8. The third-order valence-electron chi connectivity index (χ3n) is 4.20. The van der Waals surface area contributed by atoms with Crippen LogP contribution in [-0.2, 0) is 6.54 Å². The summed E-state index contributed by atoms with van der Waals surface area (Å²) >= 11 is 14.2. The molecule has 2 aromatic rings. The predicted octanol–water partition coefficient (Wildman–Crippen LogP) is 6.02. The lowest BCUT2D eigenvalue weighted by atomic mass is 10.1. The standard InChI is InChI=1S/C19H20Cl2N2OS/c1-3-16-12-25-19(22-15-5-4-6-17(10-15)24-2)23(16)11-13-7-8-14(20)9-18(13)21/h4-10,16H,3,11-12H2,1-2H3/t16-/m0/s1. The molecule has 0 N–H and O–H groups in total. The molecule has 0 saturated carbocycles. The summed E-state index contributed by atoms with van der Waals surface area (Å²) in [5, 5.41) is 2.37. The number of halogens is 2. The van der Waals surface area contributed by atoms with Crippen LogP contribution in [-0.4, -0.2) is 29.0 Å². The minimum atomic E-state index is 0.445. The molecule has 3 nitrogen and oxygen atoms in total. The maximum absolute atomic E-state index is 6.37. The van der Waals surface area contributed by atoms with Crippen LogP contribution in [0.3, 0.4) is 0 Å². The van der Waals surface area contributed by atoms with Gasteiger partial charge in [-0.2, -0.15) is 0 Å². The second-order valence-corrected chi connectivity index (χ2v) is 7.66. The number of aliphatic imine (C=N–C) groups is 1. The SMILES string of the molecule is CC[C@H]1CSC(=Nc2cccc(OC)c2)N1Cc1ccc(Cl)cc1Cl. The van der Waals surface area contributed by atoms with Crippen molar-refractivity contribution in [3.63, 3.8) is 0 Å². The van der Waals surface area contributed by atoms with Crippen molar-refractivity contribution in [3.05, 3.63) is 58.1 Å². The van der Waals surface area contributed by atoms with Gasteiger partial charge in [0.05, 0.1) is 12.8 Å². The Balaban J connectivity index is 1.88. The Labute approximate surface area is 163 Å². The maximum atomic E-state index is 6.37. The van der Waals surface area contributed by atoms with Crippen molar-refractivity contribution in [1.29, 1.82) is 0 Å². The van der Waals surface area contributed by atoms with E-state index in [4.69, 9.17) is 32.9 Å². The van der Waals surface area contributed by atoms with E-state index in [0.29, 0.717) is 16.1 Å². The van der Waals surface area contributed by atoms with Crippen LogP contribution in [0.2, 0.25) is 10.0 Å². The van der Waals surface area contributed by atoms with Crippen LogP contribution in [0, 0.1) is 0 Å². The van der Waals surface area contributed by atoms with Crippen LogP contribution in [0.25, 0.3) is 0 Å². The second kappa shape index (κ2) is 8.35. The van der Waals surface area contributed by atoms with Gasteiger partial charge >= 0.3 is 0 Å². The highest BCUT2D eigenvalue weighted by Crippen LogP contribution is 2.32. The molecule has 132 valence electrons. The van der Waals surface area contributed by atoms with Gasteiger partial charge in [0, 0.05) is 34.5 Å². The topological polar surface area (TPSA) is 24.8 Å². The number of thioether (sulfide) groups is 1. The summed E-state index contributed by atoms with van der Waals surface area (Å²) in [7, 11) is 1.67. The van der Waals surface area contributed by atoms with Crippen molar-refractivity contribution >= 4 is 45.8 Å². The van der Waals surface area contributed by atoms with Gasteiger partial charge in [-0.15, -0.1) is 0 Å². The van der Waals surface area contributed by atoms with Gasteiger partial charge in [0.25, 0.3) is 0 Å². The number of methoxy groups -OCH3 is 1. The highest BCUT2D eigenvalue weighted by Gasteiger charge is 2.29. The molecule has 0 amide bonds.